The predicted octanol–water partition coefficient (Wildman–Crippen LogP) is 0.390. The lowest BCUT2D eigenvalue weighted by atomic mass is 9.89. The van der Waals surface area contributed by atoms with Crippen LogP contribution in [0.25, 0.3) is 0 Å². The molecular formula is C12H17N3O4. The van der Waals surface area contributed by atoms with Crippen molar-refractivity contribution in [2.75, 3.05) is 13.2 Å². The van der Waals surface area contributed by atoms with Crippen molar-refractivity contribution in [1.29, 1.82) is 0 Å². The average molecular weight is 267 g/mol. The highest BCUT2D eigenvalue weighted by Gasteiger charge is 2.42. The fraction of sp³-hybridized carbons (Fsp3) is 0.583. The van der Waals surface area contributed by atoms with E-state index in [-0.39, 0.29) is 12.8 Å². The zero-order valence-corrected chi connectivity index (χ0v) is 10.9. The monoisotopic (exact) mass is 267 g/mol. The number of carbonyl (C=O) groups excluding carboxylic acids is 1. The third kappa shape index (κ3) is 2.46. The van der Waals surface area contributed by atoms with E-state index in [1.165, 1.54) is 0 Å². The Balaban J connectivity index is 2.23. The number of aromatic amines is 1. The van der Waals surface area contributed by atoms with E-state index in [2.05, 4.69) is 15.5 Å². The lowest BCUT2D eigenvalue weighted by molar-refractivity contribution is -0.148. The summed E-state index contributed by atoms with van der Waals surface area (Å²) in [5.41, 5.74) is 0.350. The predicted molar refractivity (Wildman–Crippen MR) is 65.9 cm³/mol. The SMILES string of the molecule is Cc1n[nH]c(C)c1C(=O)NC1(C(=O)O)CCOCC1. The maximum Gasteiger partial charge on any atom is 0.329 e. The van der Waals surface area contributed by atoms with Gasteiger partial charge in [-0.1, -0.05) is 0 Å². The molecular weight excluding hydrogens is 250 g/mol. The molecule has 104 valence electrons. The molecule has 0 bridgehead atoms. The number of ether oxygens (including phenoxy) is 1. The molecule has 0 aromatic carbocycles. The summed E-state index contributed by atoms with van der Waals surface area (Å²) in [6, 6.07) is 0. The summed E-state index contributed by atoms with van der Waals surface area (Å²) in [5.74, 6) is -1.43. The van der Waals surface area contributed by atoms with E-state index in [9.17, 15) is 14.7 Å². The molecule has 1 aliphatic rings. The van der Waals surface area contributed by atoms with Crippen LogP contribution in [0.15, 0.2) is 0 Å². The first-order valence-corrected chi connectivity index (χ1v) is 6.11. The highest BCUT2D eigenvalue weighted by molar-refractivity contribution is 5.99. The molecule has 0 aliphatic carbocycles. The van der Waals surface area contributed by atoms with Crippen molar-refractivity contribution in [3.05, 3.63) is 17.0 Å². The minimum atomic E-state index is -1.24. The van der Waals surface area contributed by atoms with Crippen molar-refractivity contribution in [2.24, 2.45) is 0 Å². The Labute approximate surface area is 110 Å². The highest BCUT2D eigenvalue weighted by Crippen LogP contribution is 2.22. The second kappa shape index (κ2) is 5.00. The van der Waals surface area contributed by atoms with Crippen molar-refractivity contribution < 1.29 is 19.4 Å². The Morgan fingerprint density at radius 3 is 2.47 bits per heavy atom. The van der Waals surface area contributed by atoms with Gasteiger partial charge in [-0.15, -0.1) is 0 Å². The Bertz CT molecular complexity index is 484. The van der Waals surface area contributed by atoms with Crippen LogP contribution in [0, 0.1) is 13.8 Å². The number of aliphatic carboxylic acids is 1. The molecule has 3 N–H and O–H groups in total. The molecule has 0 radical (unpaired) electrons. The van der Waals surface area contributed by atoms with E-state index >= 15 is 0 Å². The van der Waals surface area contributed by atoms with Gasteiger partial charge in [-0.3, -0.25) is 9.89 Å². The fourth-order valence-electron chi connectivity index (χ4n) is 2.28. The minimum absolute atomic E-state index is 0.268. The summed E-state index contributed by atoms with van der Waals surface area (Å²) < 4.78 is 5.16. The first kappa shape index (κ1) is 13.5. The third-order valence-electron chi connectivity index (χ3n) is 3.46. The van der Waals surface area contributed by atoms with Gasteiger partial charge in [0.1, 0.15) is 5.54 Å². The molecule has 1 amide bonds. The zero-order valence-electron chi connectivity index (χ0n) is 10.9. The summed E-state index contributed by atoms with van der Waals surface area (Å²) in [6.45, 7) is 4.09. The van der Waals surface area contributed by atoms with Crippen LogP contribution >= 0.6 is 0 Å². The average Bonchev–Trinajstić information content (AvgIpc) is 2.70. The normalized spacial score (nSPS) is 18.0. The minimum Gasteiger partial charge on any atom is -0.480 e. The maximum atomic E-state index is 12.3. The molecule has 19 heavy (non-hydrogen) atoms. The van der Waals surface area contributed by atoms with E-state index in [0.29, 0.717) is 30.2 Å². The van der Waals surface area contributed by atoms with Crippen LogP contribution < -0.4 is 5.32 Å². The van der Waals surface area contributed by atoms with E-state index in [4.69, 9.17) is 4.74 Å². The second-order valence-corrected chi connectivity index (χ2v) is 4.76. The van der Waals surface area contributed by atoms with Crippen molar-refractivity contribution in [3.63, 3.8) is 0 Å². The quantitative estimate of drug-likeness (QED) is 0.735. The summed E-state index contributed by atoms with van der Waals surface area (Å²) in [5, 5.41) is 18.7. The van der Waals surface area contributed by atoms with E-state index in [1.807, 2.05) is 0 Å². The molecule has 1 fully saturated rings. The number of carboxylic acids is 1. The number of H-pyrrole nitrogens is 1. The van der Waals surface area contributed by atoms with Gasteiger partial charge in [-0.25, -0.2) is 4.79 Å². The van der Waals surface area contributed by atoms with Crippen LogP contribution in [0.4, 0.5) is 0 Å². The lowest BCUT2D eigenvalue weighted by Crippen LogP contribution is -2.57. The van der Waals surface area contributed by atoms with Gasteiger partial charge in [0.2, 0.25) is 0 Å². The number of aryl methyl sites for hydroxylation is 2. The molecule has 7 nitrogen and oxygen atoms in total. The van der Waals surface area contributed by atoms with Crippen LogP contribution in [-0.2, 0) is 9.53 Å². The van der Waals surface area contributed by atoms with Gasteiger partial charge in [0.05, 0.1) is 11.3 Å². The van der Waals surface area contributed by atoms with Gasteiger partial charge in [0, 0.05) is 31.7 Å². The largest absolute Gasteiger partial charge is 0.480 e. The first-order valence-electron chi connectivity index (χ1n) is 6.11. The summed E-state index contributed by atoms with van der Waals surface area (Å²) in [7, 11) is 0. The molecule has 1 aliphatic heterocycles. The van der Waals surface area contributed by atoms with Crippen molar-refractivity contribution >= 4 is 11.9 Å². The van der Waals surface area contributed by atoms with Crippen LogP contribution in [0.1, 0.15) is 34.6 Å². The van der Waals surface area contributed by atoms with Crippen LogP contribution in [0.5, 0.6) is 0 Å². The van der Waals surface area contributed by atoms with Gasteiger partial charge >= 0.3 is 5.97 Å². The molecule has 2 heterocycles. The first-order chi connectivity index (χ1) is 8.96. The Morgan fingerprint density at radius 2 is 2.00 bits per heavy atom. The molecule has 1 aromatic rings. The number of aromatic nitrogens is 2. The number of carbonyl (C=O) groups is 2. The number of nitrogens with zero attached hydrogens (tertiary/aromatic N) is 1. The molecule has 0 saturated carbocycles. The van der Waals surface area contributed by atoms with E-state index < -0.39 is 17.4 Å². The molecule has 2 rings (SSSR count). The fourth-order valence-corrected chi connectivity index (χ4v) is 2.28. The molecule has 0 spiro atoms. The van der Waals surface area contributed by atoms with Crippen LogP contribution in [-0.4, -0.2) is 45.9 Å². The van der Waals surface area contributed by atoms with E-state index in [0.717, 1.165) is 0 Å². The number of nitrogens with one attached hydrogen (secondary N) is 2. The molecule has 0 atom stereocenters. The van der Waals surface area contributed by atoms with Crippen molar-refractivity contribution in [3.8, 4) is 0 Å². The summed E-state index contributed by atoms with van der Waals surface area (Å²) >= 11 is 0. The van der Waals surface area contributed by atoms with Crippen LogP contribution in [0.3, 0.4) is 0 Å². The summed E-state index contributed by atoms with van der Waals surface area (Å²) in [6.07, 6.45) is 0.536. The van der Waals surface area contributed by atoms with Crippen LogP contribution in [0.2, 0.25) is 0 Å². The molecule has 1 saturated heterocycles. The third-order valence-corrected chi connectivity index (χ3v) is 3.46. The molecule has 0 unspecified atom stereocenters. The smallest absolute Gasteiger partial charge is 0.329 e. The maximum absolute atomic E-state index is 12.3. The molecule has 1 aromatic heterocycles. The van der Waals surface area contributed by atoms with Crippen molar-refractivity contribution in [1.82, 2.24) is 15.5 Å². The number of amides is 1. The van der Waals surface area contributed by atoms with Gasteiger partial charge in [0.25, 0.3) is 5.91 Å². The van der Waals surface area contributed by atoms with E-state index in [1.54, 1.807) is 13.8 Å². The second-order valence-electron chi connectivity index (χ2n) is 4.76. The Morgan fingerprint density at radius 1 is 1.37 bits per heavy atom. The van der Waals surface area contributed by atoms with Gasteiger partial charge in [0.15, 0.2) is 0 Å². The summed E-state index contributed by atoms with van der Waals surface area (Å²) in [4.78, 5) is 23.7. The van der Waals surface area contributed by atoms with Gasteiger partial charge in [-0.05, 0) is 13.8 Å². The lowest BCUT2D eigenvalue weighted by Gasteiger charge is -2.33. The number of rotatable bonds is 3. The highest BCUT2D eigenvalue weighted by atomic mass is 16.5. The zero-order chi connectivity index (χ0) is 14.0. The van der Waals surface area contributed by atoms with Gasteiger partial charge in [-0.2, -0.15) is 5.10 Å². The Hall–Kier alpha value is -1.89. The number of carboxylic acid groups (broad SMARTS) is 1. The topological polar surface area (TPSA) is 104 Å². The molecule has 7 heteroatoms. The van der Waals surface area contributed by atoms with Gasteiger partial charge < -0.3 is 15.2 Å². The van der Waals surface area contributed by atoms with Crippen molar-refractivity contribution in [2.45, 2.75) is 32.2 Å². The number of hydrogen-bond acceptors (Lipinski definition) is 4. The standard InChI is InChI=1S/C12H17N3O4/c1-7-9(8(2)15-14-7)10(16)13-12(11(17)18)3-5-19-6-4-12/h3-6H2,1-2H3,(H,13,16)(H,14,15)(H,17,18). The Kier molecular flexibility index (Phi) is 3.57. The number of hydrogen-bond donors (Lipinski definition) is 3.